The van der Waals surface area contributed by atoms with Gasteiger partial charge in [0, 0.05) is 0 Å². The molecule has 0 amide bonds. The van der Waals surface area contributed by atoms with Crippen LogP contribution in [0, 0.1) is 0 Å². The molecular formula is C60H68B4N4O4. The predicted molar refractivity (Wildman–Crippen MR) is 296 cm³/mol. The van der Waals surface area contributed by atoms with E-state index in [9.17, 15) is 0 Å². The van der Waals surface area contributed by atoms with E-state index in [1.165, 1.54) is 33.0 Å². The van der Waals surface area contributed by atoms with E-state index in [2.05, 4.69) is 255 Å². The first-order chi connectivity index (χ1) is 34.7. The second-order valence-corrected chi connectivity index (χ2v) is 25.1. The zero-order chi connectivity index (χ0) is 49.5. The second kappa shape index (κ2) is 15.5. The SMILES string of the molecule is CC1(C)COC2=[N+]1[B-]1(c3ccccc3)C[C@@H](c3ccccc3)[B-]2(c2ccccc2)C2=[N+]1C(C)(C)CO2.CC1(C)COC2=[N+]1[B-]1(c3ccccc3)C[C@H](c3ccccc3)[B-]2(c2ccccc2)C2=[N+]1C(C)(C)CO2. The number of fused-ring (bicyclic) bond motifs is 2. The molecule has 6 aromatic carbocycles. The number of rotatable bonds is 6. The zero-order valence-electron chi connectivity index (χ0n) is 43.4. The summed E-state index contributed by atoms with van der Waals surface area (Å²) < 4.78 is 38.5. The molecule has 364 valence electrons. The van der Waals surface area contributed by atoms with Crippen LogP contribution in [0.4, 0.5) is 0 Å². The molecule has 2 atom stereocenters. The van der Waals surface area contributed by atoms with Crippen molar-refractivity contribution in [3.8, 4) is 0 Å². The molecule has 0 aromatic heterocycles. The van der Waals surface area contributed by atoms with Crippen LogP contribution in [0.3, 0.4) is 0 Å². The van der Waals surface area contributed by atoms with E-state index in [1.807, 2.05) is 0 Å². The van der Waals surface area contributed by atoms with Gasteiger partial charge in [-0.05, 0) is 55.4 Å². The fourth-order valence-electron chi connectivity index (χ4n) is 17.2. The summed E-state index contributed by atoms with van der Waals surface area (Å²) in [5, 5.41) is 0. The van der Waals surface area contributed by atoms with E-state index in [0.717, 1.165) is 35.8 Å². The Kier molecular flexibility index (Phi) is 9.75. The molecule has 0 saturated heterocycles. The predicted octanol–water partition coefficient (Wildman–Crippen LogP) is 7.12. The normalized spacial score (nSPS) is 31.1. The number of hydrogen-bond donors (Lipinski definition) is 0. The van der Waals surface area contributed by atoms with Crippen molar-refractivity contribution in [1.82, 2.24) is 0 Å². The minimum atomic E-state index is -1.50. The molecule has 4 bridgehead atoms. The van der Waals surface area contributed by atoms with Crippen molar-refractivity contribution >= 4 is 70.2 Å². The van der Waals surface area contributed by atoms with Gasteiger partial charge in [-0.2, -0.15) is 10.9 Å². The van der Waals surface area contributed by atoms with E-state index in [1.54, 1.807) is 0 Å². The monoisotopic (exact) mass is 953 g/mol. The Morgan fingerprint density at radius 1 is 0.319 bits per heavy atom. The summed E-state index contributed by atoms with van der Waals surface area (Å²) in [6.07, 6.45) is -3.72. The lowest BCUT2D eigenvalue weighted by Gasteiger charge is -2.58. The number of hydrogen-bond acceptors (Lipinski definition) is 4. The number of ether oxygens (including phenoxy) is 4. The molecular weight excluding hydrogens is 884 g/mol. The summed E-state index contributed by atoms with van der Waals surface area (Å²) in [4.78, 5) is 0. The second-order valence-electron chi connectivity index (χ2n) is 25.1. The Balaban J connectivity index is 0.000000140. The highest BCUT2D eigenvalue weighted by atomic mass is 16.5. The maximum absolute atomic E-state index is 6.90. The van der Waals surface area contributed by atoms with Gasteiger partial charge in [-0.15, -0.1) is 11.6 Å². The maximum Gasteiger partial charge on any atom is 0.562 e. The van der Waals surface area contributed by atoms with Crippen LogP contribution in [-0.2, 0) is 18.9 Å². The van der Waals surface area contributed by atoms with Gasteiger partial charge >= 0.3 is 25.1 Å². The minimum Gasteiger partial charge on any atom is -0.478 e. The third kappa shape index (κ3) is 5.75. The van der Waals surface area contributed by atoms with Crippen molar-refractivity contribution in [1.29, 1.82) is 0 Å². The molecule has 12 heteroatoms. The van der Waals surface area contributed by atoms with E-state index in [0.29, 0.717) is 26.4 Å². The molecule has 10 heterocycles. The van der Waals surface area contributed by atoms with Gasteiger partial charge in [-0.1, -0.05) is 217 Å². The third-order valence-corrected chi connectivity index (χ3v) is 19.3. The molecule has 0 radical (unpaired) electrons. The van der Waals surface area contributed by atoms with Crippen LogP contribution >= 0.6 is 0 Å². The first-order valence-electron chi connectivity index (χ1n) is 26.9. The molecule has 8 nitrogen and oxygen atoms in total. The maximum atomic E-state index is 6.90. The fourth-order valence-corrected chi connectivity index (χ4v) is 17.2. The third-order valence-electron chi connectivity index (χ3n) is 19.3. The standard InChI is InChI=1S/2C30H34B2N2O2/c2*1-29(2)21-35-27-32(25-18-12-7-13-19-25)26(23-14-8-5-9-15-23)20-31(33(27)29,24-16-10-6-11-17-24)34-28(32)36-22-30(34,3)4/h2*5-19,26H,20-22H2,1-4H3/t2*26-,31?,32?/m10/s1. The van der Waals surface area contributed by atoms with Crippen molar-refractivity contribution in [3.05, 3.63) is 193 Å². The lowest BCUT2D eigenvalue weighted by Crippen LogP contribution is -2.87. The van der Waals surface area contributed by atoms with Crippen LogP contribution in [0.1, 0.15) is 78.2 Å². The van der Waals surface area contributed by atoms with Crippen molar-refractivity contribution in [2.75, 3.05) is 26.4 Å². The van der Waals surface area contributed by atoms with Crippen LogP contribution < -0.4 is 21.9 Å². The Labute approximate surface area is 426 Å². The summed E-state index contributed by atoms with van der Waals surface area (Å²) in [6.45, 7) is 21.5. The van der Waals surface area contributed by atoms with Gasteiger partial charge in [-0.25, -0.2) is 0 Å². The number of benzene rings is 6. The van der Waals surface area contributed by atoms with Gasteiger partial charge in [-0.3, -0.25) is 0 Å². The van der Waals surface area contributed by atoms with Crippen LogP contribution in [-0.4, -0.2) is 115 Å². The molecule has 0 N–H and O–H groups in total. The molecule has 6 aromatic rings. The molecule has 0 spiro atoms. The summed E-state index contributed by atoms with van der Waals surface area (Å²) >= 11 is 0. The van der Waals surface area contributed by atoms with Gasteiger partial charge in [0.1, 0.15) is 71.8 Å². The molecule has 16 rings (SSSR count). The first-order valence-corrected chi connectivity index (χ1v) is 26.9. The molecule has 0 fully saturated rings. The highest BCUT2D eigenvalue weighted by molar-refractivity contribution is 7.34. The zero-order valence-corrected chi connectivity index (χ0v) is 43.4. The summed E-state index contributed by atoms with van der Waals surface area (Å²) in [5.41, 5.74) is 7.51. The quantitative estimate of drug-likeness (QED) is 0.167. The van der Waals surface area contributed by atoms with Crippen LogP contribution in [0.25, 0.3) is 0 Å². The largest absolute Gasteiger partial charge is 0.562 e. The fraction of sp³-hybridized carbons (Fsp3) is 0.333. The molecule has 10 aliphatic heterocycles. The van der Waals surface area contributed by atoms with Gasteiger partial charge in [0.05, 0.1) is 0 Å². The lowest BCUT2D eigenvalue weighted by atomic mass is 9.06. The van der Waals surface area contributed by atoms with E-state index < -0.39 is 25.1 Å². The molecule has 0 unspecified atom stereocenters. The summed E-state index contributed by atoms with van der Waals surface area (Å²) in [6, 6.07) is 66.6. The molecule has 10 aliphatic rings. The van der Waals surface area contributed by atoms with E-state index in [4.69, 9.17) is 18.9 Å². The first kappa shape index (κ1) is 45.3. The average Bonchev–Trinajstić information content (AvgIpc) is 4.16. The van der Waals surface area contributed by atoms with Gasteiger partial charge in [0.25, 0.3) is 0 Å². The smallest absolute Gasteiger partial charge is 0.478 e. The van der Waals surface area contributed by atoms with Gasteiger partial charge in [0.15, 0.2) is 0 Å². The molecule has 0 saturated carbocycles. The van der Waals surface area contributed by atoms with Crippen LogP contribution in [0.2, 0.25) is 12.6 Å². The highest BCUT2D eigenvalue weighted by Gasteiger charge is 2.80. The summed E-state index contributed by atoms with van der Waals surface area (Å²) in [7, 11) is 0. The highest BCUT2D eigenvalue weighted by Crippen LogP contribution is 2.54. The average molecular weight is 952 g/mol. The number of nitrogens with zero attached hydrogens (tertiary/aromatic N) is 4. The Bertz CT molecular complexity index is 2970. The van der Waals surface area contributed by atoms with Crippen molar-refractivity contribution in [2.45, 2.75) is 102 Å². The van der Waals surface area contributed by atoms with Gasteiger partial charge in [0.2, 0.25) is 0 Å². The minimum absolute atomic E-state index is 0.140. The van der Waals surface area contributed by atoms with Crippen molar-refractivity contribution < 1.29 is 36.9 Å². The van der Waals surface area contributed by atoms with Crippen LogP contribution in [0.5, 0.6) is 0 Å². The topological polar surface area (TPSA) is 49.0 Å². The van der Waals surface area contributed by atoms with E-state index >= 15 is 0 Å². The van der Waals surface area contributed by atoms with Gasteiger partial charge < -0.3 is 36.9 Å². The molecule has 72 heavy (non-hydrogen) atoms. The lowest BCUT2D eigenvalue weighted by molar-refractivity contribution is -0.600. The van der Waals surface area contributed by atoms with Crippen molar-refractivity contribution in [3.63, 3.8) is 0 Å². The van der Waals surface area contributed by atoms with Crippen molar-refractivity contribution in [2.24, 2.45) is 0 Å². The van der Waals surface area contributed by atoms with Crippen LogP contribution in [0.15, 0.2) is 182 Å². The van der Waals surface area contributed by atoms with E-state index in [-0.39, 0.29) is 33.8 Å². The summed E-state index contributed by atoms with van der Waals surface area (Å²) in [5.74, 6) is 4.99. The Morgan fingerprint density at radius 2 is 0.542 bits per heavy atom. The Hall–Kier alpha value is -6.54. The Morgan fingerprint density at radius 3 is 0.792 bits per heavy atom. The molecule has 0 aliphatic carbocycles.